The first-order valence-electron chi connectivity index (χ1n) is 9.56. The van der Waals surface area contributed by atoms with Crippen LogP contribution in [0.5, 0.6) is 5.75 Å². The molecule has 4 rings (SSSR count). The SMILES string of the molecule is Cc1cccc(OCc2nc3cc(C(=O)O)ccc3n2CC2CCCO2)c1C. The van der Waals surface area contributed by atoms with E-state index in [-0.39, 0.29) is 11.7 Å². The number of aromatic nitrogens is 2. The number of benzene rings is 2. The molecule has 146 valence electrons. The minimum absolute atomic E-state index is 0.149. The molecule has 6 nitrogen and oxygen atoms in total. The van der Waals surface area contributed by atoms with Gasteiger partial charge in [0, 0.05) is 6.61 Å². The van der Waals surface area contributed by atoms with Crippen molar-refractivity contribution in [3.05, 3.63) is 58.9 Å². The molecule has 1 aliphatic heterocycles. The Kier molecular flexibility index (Phi) is 5.05. The molecule has 28 heavy (non-hydrogen) atoms. The highest BCUT2D eigenvalue weighted by Crippen LogP contribution is 2.25. The van der Waals surface area contributed by atoms with Crippen molar-refractivity contribution < 1.29 is 19.4 Å². The number of aromatic carboxylic acids is 1. The van der Waals surface area contributed by atoms with Gasteiger partial charge >= 0.3 is 5.97 Å². The largest absolute Gasteiger partial charge is 0.485 e. The van der Waals surface area contributed by atoms with Gasteiger partial charge in [0.2, 0.25) is 0 Å². The van der Waals surface area contributed by atoms with Gasteiger partial charge < -0.3 is 19.1 Å². The number of carboxylic acids is 1. The van der Waals surface area contributed by atoms with Gasteiger partial charge in [-0.15, -0.1) is 0 Å². The molecule has 6 heteroatoms. The summed E-state index contributed by atoms with van der Waals surface area (Å²) >= 11 is 0. The molecule has 1 unspecified atom stereocenters. The minimum Gasteiger partial charge on any atom is -0.485 e. The van der Waals surface area contributed by atoms with E-state index in [2.05, 4.69) is 22.5 Å². The molecule has 0 radical (unpaired) electrons. The molecular formula is C22H24N2O4. The number of fused-ring (bicyclic) bond motifs is 1. The summed E-state index contributed by atoms with van der Waals surface area (Å²) in [5.41, 5.74) is 4.09. The lowest BCUT2D eigenvalue weighted by Gasteiger charge is -2.15. The number of imidazole rings is 1. The standard InChI is InChI=1S/C22H24N2O4/c1-14-5-3-7-20(15(14)2)28-13-21-23-18-11-16(22(25)26)8-9-19(18)24(21)12-17-6-4-10-27-17/h3,5,7-9,11,17H,4,6,10,12-13H2,1-2H3,(H,25,26). The Hall–Kier alpha value is -2.86. The van der Waals surface area contributed by atoms with Crippen molar-refractivity contribution in [2.75, 3.05) is 6.61 Å². The van der Waals surface area contributed by atoms with E-state index in [1.165, 1.54) is 5.56 Å². The van der Waals surface area contributed by atoms with Gasteiger partial charge in [-0.05, 0) is 62.1 Å². The van der Waals surface area contributed by atoms with Gasteiger partial charge in [-0.2, -0.15) is 0 Å². The second-order valence-electron chi connectivity index (χ2n) is 7.27. The van der Waals surface area contributed by atoms with Crippen LogP contribution in [-0.2, 0) is 17.9 Å². The summed E-state index contributed by atoms with van der Waals surface area (Å²) in [4.78, 5) is 16.0. The third-order valence-corrected chi connectivity index (χ3v) is 5.40. The van der Waals surface area contributed by atoms with Crippen LogP contribution in [-0.4, -0.2) is 33.3 Å². The Balaban J connectivity index is 1.68. The first-order valence-corrected chi connectivity index (χ1v) is 9.56. The summed E-state index contributed by atoms with van der Waals surface area (Å²) < 4.78 is 14.0. The number of nitrogens with zero attached hydrogens (tertiary/aromatic N) is 2. The summed E-state index contributed by atoms with van der Waals surface area (Å²) in [6, 6.07) is 11.0. The quantitative estimate of drug-likeness (QED) is 0.697. The molecule has 0 bridgehead atoms. The number of carbonyl (C=O) groups is 1. The molecule has 3 aromatic rings. The molecule has 1 N–H and O–H groups in total. The van der Waals surface area contributed by atoms with Crippen LogP contribution in [0.15, 0.2) is 36.4 Å². The van der Waals surface area contributed by atoms with E-state index in [9.17, 15) is 9.90 Å². The van der Waals surface area contributed by atoms with Gasteiger partial charge in [-0.1, -0.05) is 12.1 Å². The van der Waals surface area contributed by atoms with Crippen LogP contribution in [0, 0.1) is 13.8 Å². The normalized spacial score (nSPS) is 16.6. The maximum atomic E-state index is 11.3. The summed E-state index contributed by atoms with van der Waals surface area (Å²) in [6.45, 7) is 5.89. The maximum Gasteiger partial charge on any atom is 0.335 e. The molecule has 1 aromatic heterocycles. The highest BCUT2D eigenvalue weighted by Gasteiger charge is 2.21. The summed E-state index contributed by atoms with van der Waals surface area (Å²) in [5, 5.41) is 9.28. The topological polar surface area (TPSA) is 73.6 Å². The Labute approximate surface area is 163 Å². The van der Waals surface area contributed by atoms with E-state index in [0.29, 0.717) is 18.7 Å². The van der Waals surface area contributed by atoms with Gasteiger partial charge in [0.1, 0.15) is 18.2 Å². The fraction of sp³-hybridized carbons (Fsp3) is 0.364. The fourth-order valence-electron chi connectivity index (χ4n) is 3.64. The van der Waals surface area contributed by atoms with Gasteiger partial charge in [0.05, 0.1) is 29.2 Å². The number of hydrogen-bond acceptors (Lipinski definition) is 4. The van der Waals surface area contributed by atoms with E-state index >= 15 is 0 Å². The van der Waals surface area contributed by atoms with Crippen LogP contribution in [0.2, 0.25) is 0 Å². The molecule has 0 amide bonds. The van der Waals surface area contributed by atoms with Crippen molar-refractivity contribution in [2.45, 2.75) is 45.9 Å². The molecule has 1 atom stereocenters. The Morgan fingerprint density at radius 2 is 2.18 bits per heavy atom. The fourth-order valence-corrected chi connectivity index (χ4v) is 3.64. The molecule has 1 saturated heterocycles. The summed E-state index contributed by atoms with van der Waals surface area (Å²) in [6.07, 6.45) is 2.23. The number of aryl methyl sites for hydroxylation is 1. The Morgan fingerprint density at radius 1 is 1.32 bits per heavy atom. The predicted octanol–water partition coefficient (Wildman–Crippen LogP) is 4.11. The third kappa shape index (κ3) is 3.60. The molecule has 2 heterocycles. The zero-order chi connectivity index (χ0) is 19.7. The third-order valence-electron chi connectivity index (χ3n) is 5.40. The van der Waals surface area contributed by atoms with Crippen LogP contribution in [0.3, 0.4) is 0 Å². The zero-order valence-electron chi connectivity index (χ0n) is 16.1. The molecule has 0 saturated carbocycles. The molecule has 1 fully saturated rings. The van der Waals surface area contributed by atoms with E-state index < -0.39 is 5.97 Å². The van der Waals surface area contributed by atoms with Crippen molar-refractivity contribution in [1.82, 2.24) is 9.55 Å². The highest BCUT2D eigenvalue weighted by molar-refractivity contribution is 5.92. The average molecular weight is 380 g/mol. The van der Waals surface area contributed by atoms with Gasteiger partial charge in [0.25, 0.3) is 0 Å². The van der Waals surface area contributed by atoms with E-state index in [0.717, 1.165) is 42.1 Å². The lowest BCUT2D eigenvalue weighted by atomic mass is 10.1. The van der Waals surface area contributed by atoms with Crippen LogP contribution in [0.4, 0.5) is 0 Å². The average Bonchev–Trinajstić information content (AvgIpc) is 3.31. The highest BCUT2D eigenvalue weighted by atomic mass is 16.5. The first kappa shape index (κ1) is 18.5. The lowest BCUT2D eigenvalue weighted by Crippen LogP contribution is -2.18. The number of hydrogen-bond donors (Lipinski definition) is 1. The van der Waals surface area contributed by atoms with Crippen LogP contribution in [0.1, 0.15) is 40.2 Å². The predicted molar refractivity (Wildman–Crippen MR) is 106 cm³/mol. The zero-order valence-corrected chi connectivity index (χ0v) is 16.1. The maximum absolute atomic E-state index is 11.3. The Morgan fingerprint density at radius 3 is 2.93 bits per heavy atom. The van der Waals surface area contributed by atoms with Crippen molar-refractivity contribution in [1.29, 1.82) is 0 Å². The van der Waals surface area contributed by atoms with Crippen molar-refractivity contribution >= 4 is 17.0 Å². The minimum atomic E-state index is -0.955. The lowest BCUT2D eigenvalue weighted by molar-refractivity contribution is 0.0697. The van der Waals surface area contributed by atoms with Gasteiger partial charge in [0.15, 0.2) is 0 Å². The molecule has 2 aromatic carbocycles. The molecular weight excluding hydrogens is 356 g/mol. The second-order valence-corrected chi connectivity index (χ2v) is 7.27. The number of carboxylic acid groups (broad SMARTS) is 1. The summed E-state index contributed by atoms with van der Waals surface area (Å²) in [5.74, 6) is 0.652. The van der Waals surface area contributed by atoms with Crippen LogP contribution in [0.25, 0.3) is 11.0 Å². The van der Waals surface area contributed by atoms with Crippen molar-refractivity contribution in [3.63, 3.8) is 0 Å². The number of ether oxygens (including phenoxy) is 2. The molecule has 1 aliphatic rings. The van der Waals surface area contributed by atoms with Crippen molar-refractivity contribution in [2.24, 2.45) is 0 Å². The van der Waals surface area contributed by atoms with E-state index in [1.807, 2.05) is 25.1 Å². The van der Waals surface area contributed by atoms with E-state index in [4.69, 9.17) is 9.47 Å². The van der Waals surface area contributed by atoms with Crippen LogP contribution >= 0.6 is 0 Å². The smallest absolute Gasteiger partial charge is 0.335 e. The van der Waals surface area contributed by atoms with E-state index in [1.54, 1.807) is 12.1 Å². The monoisotopic (exact) mass is 380 g/mol. The number of rotatable bonds is 6. The molecule has 0 spiro atoms. The molecule has 0 aliphatic carbocycles. The second kappa shape index (κ2) is 7.64. The Bertz CT molecular complexity index is 1020. The van der Waals surface area contributed by atoms with Crippen LogP contribution < -0.4 is 4.74 Å². The first-order chi connectivity index (χ1) is 13.5. The van der Waals surface area contributed by atoms with Gasteiger partial charge in [-0.25, -0.2) is 9.78 Å². The van der Waals surface area contributed by atoms with Crippen molar-refractivity contribution in [3.8, 4) is 5.75 Å². The summed E-state index contributed by atoms with van der Waals surface area (Å²) in [7, 11) is 0. The van der Waals surface area contributed by atoms with Gasteiger partial charge in [-0.3, -0.25) is 0 Å².